The molecule has 92 valence electrons. The van der Waals surface area contributed by atoms with Gasteiger partial charge < -0.3 is 10.1 Å². The van der Waals surface area contributed by atoms with Gasteiger partial charge in [-0.15, -0.1) is 0 Å². The van der Waals surface area contributed by atoms with E-state index in [1.54, 1.807) is 6.33 Å². The summed E-state index contributed by atoms with van der Waals surface area (Å²) in [5.41, 5.74) is 2.58. The fourth-order valence-electron chi connectivity index (χ4n) is 2.72. The number of aromatic nitrogens is 2. The zero-order valence-electron chi connectivity index (χ0n) is 10.1. The van der Waals surface area contributed by atoms with Gasteiger partial charge in [0.1, 0.15) is 12.1 Å². The highest BCUT2D eigenvalue weighted by atomic mass is 16.5. The Hall–Kier alpha value is -1.16. The van der Waals surface area contributed by atoms with Crippen molar-refractivity contribution in [2.45, 2.75) is 32.1 Å². The van der Waals surface area contributed by atoms with E-state index in [2.05, 4.69) is 15.3 Å². The minimum atomic E-state index is 0.635. The van der Waals surface area contributed by atoms with Gasteiger partial charge in [0.05, 0.1) is 6.61 Å². The predicted octanol–water partition coefficient (Wildman–Crippen LogP) is 1.80. The van der Waals surface area contributed by atoms with Crippen molar-refractivity contribution < 1.29 is 4.74 Å². The summed E-state index contributed by atoms with van der Waals surface area (Å²) in [6.07, 6.45) is 7.59. The van der Waals surface area contributed by atoms with Crippen molar-refractivity contribution in [1.82, 2.24) is 9.97 Å². The number of hydrogen-bond acceptors (Lipinski definition) is 4. The minimum Gasteiger partial charge on any atom is -0.381 e. The molecular formula is C13H19N3O. The standard InChI is InChI=1S/C13H19N3O/c1-4-11-12(5-1)15-9-16-13(11)14-7-10-3-2-6-17-8-10/h9-10H,1-8H2,(H,14,15,16). The number of rotatable bonds is 3. The monoisotopic (exact) mass is 233 g/mol. The van der Waals surface area contributed by atoms with E-state index in [4.69, 9.17) is 4.74 Å². The van der Waals surface area contributed by atoms with Gasteiger partial charge in [0, 0.05) is 24.4 Å². The Morgan fingerprint density at radius 1 is 1.29 bits per heavy atom. The molecule has 0 aromatic carbocycles. The Morgan fingerprint density at radius 3 is 3.18 bits per heavy atom. The quantitative estimate of drug-likeness (QED) is 0.865. The van der Waals surface area contributed by atoms with Crippen LogP contribution < -0.4 is 5.32 Å². The van der Waals surface area contributed by atoms with Crippen LogP contribution in [0.15, 0.2) is 6.33 Å². The van der Waals surface area contributed by atoms with Gasteiger partial charge in [-0.2, -0.15) is 0 Å². The van der Waals surface area contributed by atoms with Gasteiger partial charge in [0.2, 0.25) is 0 Å². The Balaban J connectivity index is 1.63. The van der Waals surface area contributed by atoms with Crippen LogP contribution in [0.2, 0.25) is 0 Å². The molecular weight excluding hydrogens is 214 g/mol. The lowest BCUT2D eigenvalue weighted by Gasteiger charge is -2.22. The molecule has 2 heterocycles. The summed E-state index contributed by atoms with van der Waals surface area (Å²) in [6.45, 7) is 2.79. The van der Waals surface area contributed by atoms with E-state index in [0.29, 0.717) is 5.92 Å². The molecule has 1 N–H and O–H groups in total. The number of anilines is 1. The van der Waals surface area contributed by atoms with E-state index in [0.717, 1.165) is 38.4 Å². The molecule has 17 heavy (non-hydrogen) atoms. The Kier molecular flexibility index (Phi) is 3.22. The van der Waals surface area contributed by atoms with Gasteiger partial charge in [-0.05, 0) is 38.0 Å². The molecule has 1 aromatic heterocycles. The van der Waals surface area contributed by atoms with Crippen LogP contribution in [-0.4, -0.2) is 29.7 Å². The van der Waals surface area contributed by atoms with Crippen LogP contribution in [0, 0.1) is 5.92 Å². The summed E-state index contributed by atoms with van der Waals surface area (Å²) in [4.78, 5) is 8.71. The van der Waals surface area contributed by atoms with E-state index in [1.807, 2.05) is 0 Å². The Morgan fingerprint density at radius 2 is 2.29 bits per heavy atom. The SMILES string of the molecule is c1nc2c(c(NCC3CCCOC3)n1)CCC2. The number of nitrogens with zero attached hydrogens (tertiary/aromatic N) is 2. The van der Waals surface area contributed by atoms with E-state index in [1.165, 1.54) is 30.5 Å². The molecule has 0 bridgehead atoms. The van der Waals surface area contributed by atoms with Gasteiger partial charge in [-0.1, -0.05) is 0 Å². The lowest BCUT2D eigenvalue weighted by molar-refractivity contribution is 0.0594. The van der Waals surface area contributed by atoms with Crippen LogP contribution in [0.4, 0.5) is 5.82 Å². The first-order valence-corrected chi connectivity index (χ1v) is 6.58. The molecule has 1 aliphatic heterocycles. The zero-order chi connectivity index (χ0) is 11.5. The second-order valence-corrected chi connectivity index (χ2v) is 4.97. The predicted molar refractivity (Wildman–Crippen MR) is 66.1 cm³/mol. The first kappa shape index (κ1) is 11.0. The van der Waals surface area contributed by atoms with Crippen molar-refractivity contribution in [3.05, 3.63) is 17.6 Å². The fraction of sp³-hybridized carbons (Fsp3) is 0.692. The summed E-state index contributed by atoms with van der Waals surface area (Å²) in [5.74, 6) is 1.69. The molecule has 0 saturated carbocycles. The summed E-state index contributed by atoms with van der Waals surface area (Å²) in [5, 5.41) is 3.48. The first-order chi connectivity index (χ1) is 8.43. The van der Waals surface area contributed by atoms with Crippen molar-refractivity contribution >= 4 is 5.82 Å². The maximum absolute atomic E-state index is 5.49. The highest BCUT2D eigenvalue weighted by molar-refractivity contribution is 5.47. The van der Waals surface area contributed by atoms with Crippen molar-refractivity contribution in [1.29, 1.82) is 0 Å². The second kappa shape index (κ2) is 5.00. The average molecular weight is 233 g/mol. The van der Waals surface area contributed by atoms with Gasteiger partial charge in [-0.3, -0.25) is 0 Å². The molecule has 0 radical (unpaired) electrons. The smallest absolute Gasteiger partial charge is 0.132 e. The third-order valence-electron chi connectivity index (χ3n) is 3.69. The van der Waals surface area contributed by atoms with Gasteiger partial charge in [0.25, 0.3) is 0 Å². The summed E-state index contributed by atoms with van der Waals surface area (Å²) < 4.78 is 5.49. The van der Waals surface area contributed by atoms with Crippen LogP contribution in [0.25, 0.3) is 0 Å². The molecule has 1 unspecified atom stereocenters. The average Bonchev–Trinajstić information content (AvgIpc) is 2.86. The summed E-state index contributed by atoms with van der Waals surface area (Å²) >= 11 is 0. The molecule has 0 amide bonds. The van der Waals surface area contributed by atoms with Crippen molar-refractivity contribution in [3.8, 4) is 0 Å². The molecule has 1 atom stereocenters. The summed E-state index contributed by atoms with van der Waals surface area (Å²) in [6, 6.07) is 0. The van der Waals surface area contributed by atoms with E-state index < -0.39 is 0 Å². The minimum absolute atomic E-state index is 0.635. The van der Waals surface area contributed by atoms with Crippen LogP contribution in [0.1, 0.15) is 30.5 Å². The number of ether oxygens (including phenoxy) is 1. The Labute approximate surface area is 102 Å². The van der Waals surface area contributed by atoms with Gasteiger partial charge in [0.15, 0.2) is 0 Å². The van der Waals surface area contributed by atoms with E-state index >= 15 is 0 Å². The van der Waals surface area contributed by atoms with Crippen LogP contribution in [-0.2, 0) is 17.6 Å². The topological polar surface area (TPSA) is 47.0 Å². The van der Waals surface area contributed by atoms with Crippen molar-refractivity contribution in [2.75, 3.05) is 25.1 Å². The second-order valence-electron chi connectivity index (χ2n) is 4.97. The highest BCUT2D eigenvalue weighted by Crippen LogP contribution is 2.25. The molecule has 1 aliphatic carbocycles. The molecule has 1 aromatic rings. The molecule has 3 rings (SSSR count). The molecule has 4 heteroatoms. The van der Waals surface area contributed by atoms with Crippen molar-refractivity contribution in [2.24, 2.45) is 5.92 Å². The molecule has 0 spiro atoms. The number of nitrogens with one attached hydrogen (secondary N) is 1. The number of aryl methyl sites for hydroxylation is 1. The molecule has 4 nitrogen and oxygen atoms in total. The fourth-order valence-corrected chi connectivity index (χ4v) is 2.72. The Bertz CT molecular complexity index is 388. The maximum Gasteiger partial charge on any atom is 0.132 e. The highest BCUT2D eigenvalue weighted by Gasteiger charge is 2.18. The van der Waals surface area contributed by atoms with E-state index in [9.17, 15) is 0 Å². The normalized spacial score (nSPS) is 23.4. The molecule has 1 saturated heterocycles. The first-order valence-electron chi connectivity index (χ1n) is 6.58. The lowest BCUT2D eigenvalue weighted by Crippen LogP contribution is -2.25. The number of fused-ring (bicyclic) bond motifs is 1. The third kappa shape index (κ3) is 2.41. The van der Waals surface area contributed by atoms with Gasteiger partial charge in [-0.25, -0.2) is 9.97 Å². The lowest BCUT2D eigenvalue weighted by atomic mass is 10.0. The third-order valence-corrected chi connectivity index (χ3v) is 3.69. The van der Waals surface area contributed by atoms with Crippen LogP contribution in [0.5, 0.6) is 0 Å². The van der Waals surface area contributed by atoms with Crippen LogP contribution in [0.3, 0.4) is 0 Å². The number of hydrogen-bond donors (Lipinski definition) is 1. The van der Waals surface area contributed by atoms with Gasteiger partial charge >= 0.3 is 0 Å². The molecule has 2 aliphatic rings. The summed E-state index contributed by atoms with van der Waals surface area (Å²) in [7, 11) is 0. The zero-order valence-corrected chi connectivity index (χ0v) is 10.1. The van der Waals surface area contributed by atoms with Crippen molar-refractivity contribution in [3.63, 3.8) is 0 Å². The largest absolute Gasteiger partial charge is 0.381 e. The van der Waals surface area contributed by atoms with E-state index in [-0.39, 0.29) is 0 Å². The van der Waals surface area contributed by atoms with Crippen LogP contribution >= 0.6 is 0 Å². The maximum atomic E-state index is 5.49. The molecule has 1 fully saturated rings.